The van der Waals surface area contributed by atoms with Crippen LogP contribution in [-0.4, -0.2) is 16.1 Å². The number of nitrogens with zero attached hydrogens (tertiary/aromatic N) is 1. The highest BCUT2D eigenvalue weighted by Crippen LogP contribution is 2.41. The fourth-order valence-electron chi connectivity index (χ4n) is 2.21. The third-order valence-corrected chi connectivity index (χ3v) is 3.34. The first-order valence-corrected chi connectivity index (χ1v) is 6.26. The second-order valence-corrected chi connectivity index (χ2v) is 4.81. The van der Waals surface area contributed by atoms with Gasteiger partial charge in [-0.2, -0.15) is 0 Å². The molecule has 0 amide bonds. The molecule has 102 valence electrons. The van der Waals surface area contributed by atoms with Gasteiger partial charge in [-0.3, -0.25) is 4.98 Å². The molecule has 0 atom stereocenters. The van der Waals surface area contributed by atoms with Crippen molar-refractivity contribution in [3.63, 3.8) is 0 Å². The summed E-state index contributed by atoms with van der Waals surface area (Å²) in [7, 11) is 0. The summed E-state index contributed by atoms with van der Waals surface area (Å²) in [6.45, 7) is 0. The van der Waals surface area contributed by atoms with Crippen LogP contribution in [0.1, 0.15) is 34.8 Å². The summed E-state index contributed by atoms with van der Waals surface area (Å²) >= 11 is 0. The number of rotatable bonds is 3. The van der Waals surface area contributed by atoms with Gasteiger partial charge in [-0.1, -0.05) is 6.07 Å². The molecule has 1 aromatic heterocycles. The predicted molar refractivity (Wildman–Crippen MR) is 68.5 cm³/mol. The molecular formula is C15H11F2NO2. The zero-order valence-corrected chi connectivity index (χ0v) is 10.4. The molecular weight excluding hydrogens is 264 g/mol. The zero-order chi connectivity index (χ0) is 14.3. The first-order chi connectivity index (χ1) is 9.58. The molecule has 20 heavy (non-hydrogen) atoms. The molecule has 1 heterocycles. The SMILES string of the molecule is O=C(O)c1ccc(-c2c(F)cccc2F)nc1C1CC1. The number of aromatic nitrogens is 1. The van der Waals surface area contributed by atoms with Crippen molar-refractivity contribution < 1.29 is 18.7 Å². The smallest absolute Gasteiger partial charge is 0.337 e. The summed E-state index contributed by atoms with van der Waals surface area (Å²) in [6.07, 6.45) is 1.72. The Hall–Kier alpha value is -2.30. The van der Waals surface area contributed by atoms with Gasteiger partial charge in [0.1, 0.15) is 11.6 Å². The zero-order valence-electron chi connectivity index (χ0n) is 10.4. The monoisotopic (exact) mass is 275 g/mol. The standard InChI is InChI=1S/C15H11F2NO2/c16-10-2-1-3-11(17)13(10)12-7-6-9(15(19)20)14(18-12)8-4-5-8/h1-3,6-8H,4-5H2,(H,19,20). The molecule has 5 heteroatoms. The Labute approximate surface area is 113 Å². The van der Waals surface area contributed by atoms with Crippen LogP contribution in [0.5, 0.6) is 0 Å². The lowest BCUT2D eigenvalue weighted by Gasteiger charge is -2.09. The molecule has 0 radical (unpaired) electrons. The largest absolute Gasteiger partial charge is 0.478 e. The van der Waals surface area contributed by atoms with E-state index in [1.54, 1.807) is 0 Å². The number of carboxylic acids is 1. The van der Waals surface area contributed by atoms with Crippen molar-refractivity contribution in [3.05, 3.63) is 53.2 Å². The Morgan fingerprint density at radius 2 is 1.80 bits per heavy atom. The molecule has 0 aliphatic heterocycles. The second-order valence-electron chi connectivity index (χ2n) is 4.81. The van der Waals surface area contributed by atoms with Crippen LogP contribution in [0, 0.1) is 11.6 Å². The summed E-state index contributed by atoms with van der Waals surface area (Å²) in [4.78, 5) is 15.3. The lowest BCUT2D eigenvalue weighted by Crippen LogP contribution is -2.05. The maximum Gasteiger partial charge on any atom is 0.337 e. The highest BCUT2D eigenvalue weighted by Gasteiger charge is 2.30. The van der Waals surface area contributed by atoms with Crippen molar-refractivity contribution >= 4 is 5.97 Å². The Kier molecular flexibility index (Phi) is 2.97. The van der Waals surface area contributed by atoms with E-state index in [2.05, 4.69) is 4.98 Å². The van der Waals surface area contributed by atoms with E-state index < -0.39 is 17.6 Å². The van der Waals surface area contributed by atoms with Gasteiger partial charge >= 0.3 is 5.97 Å². The molecule has 1 N–H and O–H groups in total. The van der Waals surface area contributed by atoms with E-state index in [9.17, 15) is 13.6 Å². The fraction of sp³-hybridized carbons (Fsp3) is 0.200. The minimum absolute atomic E-state index is 0.0795. The number of hydrogen-bond donors (Lipinski definition) is 1. The van der Waals surface area contributed by atoms with E-state index in [-0.39, 0.29) is 22.7 Å². The number of carbonyl (C=O) groups is 1. The van der Waals surface area contributed by atoms with Gasteiger partial charge in [0, 0.05) is 5.92 Å². The predicted octanol–water partition coefficient (Wildman–Crippen LogP) is 3.60. The number of aromatic carboxylic acids is 1. The number of benzene rings is 1. The number of carboxylic acid groups (broad SMARTS) is 1. The van der Waals surface area contributed by atoms with Crippen LogP contribution >= 0.6 is 0 Å². The van der Waals surface area contributed by atoms with Crippen LogP contribution < -0.4 is 0 Å². The fourth-order valence-corrected chi connectivity index (χ4v) is 2.21. The molecule has 3 rings (SSSR count). The molecule has 0 spiro atoms. The van der Waals surface area contributed by atoms with E-state index in [1.165, 1.54) is 18.2 Å². The van der Waals surface area contributed by atoms with Gasteiger partial charge in [-0.25, -0.2) is 13.6 Å². The molecule has 0 saturated heterocycles. The van der Waals surface area contributed by atoms with Crippen LogP contribution in [0.3, 0.4) is 0 Å². The topological polar surface area (TPSA) is 50.2 Å². The molecule has 1 saturated carbocycles. The van der Waals surface area contributed by atoms with Gasteiger partial charge in [0.25, 0.3) is 0 Å². The average Bonchev–Trinajstić information content (AvgIpc) is 3.22. The van der Waals surface area contributed by atoms with E-state index in [0.29, 0.717) is 5.69 Å². The van der Waals surface area contributed by atoms with Crippen molar-refractivity contribution in [1.29, 1.82) is 0 Å². The summed E-state index contributed by atoms with van der Waals surface area (Å²) < 4.78 is 27.5. The number of pyridine rings is 1. The maximum atomic E-state index is 13.7. The molecule has 0 unspecified atom stereocenters. The van der Waals surface area contributed by atoms with Gasteiger partial charge < -0.3 is 5.11 Å². The second kappa shape index (κ2) is 4.67. The van der Waals surface area contributed by atoms with E-state index in [1.807, 2.05) is 0 Å². The number of hydrogen-bond acceptors (Lipinski definition) is 2. The van der Waals surface area contributed by atoms with Crippen LogP contribution in [0.4, 0.5) is 8.78 Å². The first-order valence-electron chi connectivity index (χ1n) is 6.26. The van der Waals surface area contributed by atoms with Crippen LogP contribution in [-0.2, 0) is 0 Å². The summed E-state index contributed by atoms with van der Waals surface area (Å²) in [5, 5.41) is 9.12. The van der Waals surface area contributed by atoms with Gasteiger partial charge in [0.2, 0.25) is 0 Å². The van der Waals surface area contributed by atoms with Crippen LogP contribution in [0.15, 0.2) is 30.3 Å². The molecule has 1 fully saturated rings. The van der Waals surface area contributed by atoms with E-state index in [0.717, 1.165) is 25.0 Å². The minimum Gasteiger partial charge on any atom is -0.478 e. The summed E-state index contributed by atoms with van der Waals surface area (Å²) in [6, 6.07) is 6.30. The normalized spacial score (nSPS) is 14.3. The highest BCUT2D eigenvalue weighted by atomic mass is 19.1. The van der Waals surface area contributed by atoms with Crippen molar-refractivity contribution in [2.24, 2.45) is 0 Å². The van der Waals surface area contributed by atoms with Crippen LogP contribution in [0.25, 0.3) is 11.3 Å². The molecule has 2 aromatic rings. The minimum atomic E-state index is -1.07. The average molecular weight is 275 g/mol. The highest BCUT2D eigenvalue weighted by molar-refractivity contribution is 5.89. The molecule has 1 aliphatic rings. The van der Waals surface area contributed by atoms with Gasteiger partial charge in [0.05, 0.1) is 22.5 Å². The third-order valence-electron chi connectivity index (χ3n) is 3.34. The summed E-state index contributed by atoms with van der Waals surface area (Å²) in [5.41, 5.74) is 0.435. The van der Waals surface area contributed by atoms with E-state index in [4.69, 9.17) is 5.11 Å². The lowest BCUT2D eigenvalue weighted by molar-refractivity contribution is 0.0695. The molecule has 0 bridgehead atoms. The molecule has 1 aliphatic carbocycles. The third kappa shape index (κ3) is 2.15. The Morgan fingerprint density at radius 1 is 1.15 bits per heavy atom. The van der Waals surface area contributed by atoms with Gasteiger partial charge in [0.15, 0.2) is 0 Å². The Bertz CT molecular complexity index is 676. The van der Waals surface area contributed by atoms with E-state index >= 15 is 0 Å². The van der Waals surface area contributed by atoms with Crippen molar-refractivity contribution in [3.8, 4) is 11.3 Å². The quantitative estimate of drug-likeness (QED) is 0.931. The maximum absolute atomic E-state index is 13.7. The van der Waals surface area contributed by atoms with Crippen molar-refractivity contribution in [2.45, 2.75) is 18.8 Å². The Morgan fingerprint density at radius 3 is 2.35 bits per heavy atom. The molecule has 3 nitrogen and oxygen atoms in total. The van der Waals surface area contributed by atoms with Crippen molar-refractivity contribution in [1.82, 2.24) is 4.98 Å². The van der Waals surface area contributed by atoms with Gasteiger partial charge in [-0.05, 0) is 37.1 Å². The lowest BCUT2D eigenvalue weighted by atomic mass is 10.1. The van der Waals surface area contributed by atoms with Gasteiger partial charge in [-0.15, -0.1) is 0 Å². The molecule has 1 aromatic carbocycles. The van der Waals surface area contributed by atoms with Crippen LogP contribution in [0.2, 0.25) is 0 Å². The van der Waals surface area contributed by atoms with Crippen molar-refractivity contribution in [2.75, 3.05) is 0 Å². The first kappa shape index (κ1) is 12.7. The number of halogens is 2. The Balaban J connectivity index is 2.16. The summed E-state index contributed by atoms with van der Waals surface area (Å²) in [5.74, 6) is -2.40.